The number of thioether (sulfide) groups is 1. The summed E-state index contributed by atoms with van der Waals surface area (Å²) < 4.78 is 6.34. The van der Waals surface area contributed by atoms with Crippen molar-refractivity contribution in [1.29, 1.82) is 0 Å². The van der Waals surface area contributed by atoms with Gasteiger partial charge in [-0.05, 0) is 95.8 Å². The van der Waals surface area contributed by atoms with Gasteiger partial charge in [0.05, 0.1) is 29.4 Å². The Kier molecular flexibility index (Phi) is 11.2. The molecule has 0 fully saturated rings. The third-order valence-electron chi connectivity index (χ3n) is 10.7. The summed E-state index contributed by atoms with van der Waals surface area (Å²) in [4.78, 5) is 29.8. The molecule has 2 aliphatic heterocycles. The molecule has 0 aliphatic carbocycles. The van der Waals surface area contributed by atoms with Crippen LogP contribution in [0.2, 0.25) is 0 Å². The average Bonchev–Trinajstić information content (AvgIpc) is 4.11. The van der Waals surface area contributed by atoms with Gasteiger partial charge in [0.25, 0.3) is 0 Å². The quantitative estimate of drug-likeness (QED) is 0.120. The van der Waals surface area contributed by atoms with Gasteiger partial charge in [-0.3, -0.25) is 4.79 Å². The standard InChI is InChI=1S/C52H44N4O2S/c1-35(57)59-33-14-3-2-13-32-58-40-23-15-22-39(34-40)52-47-30-28-45(55-47)50(37-18-9-5-10-19-37)43-26-24-41(53-43)49(36-16-7-4-8-17-36)42-25-27-44(54-42)51(38-20-11-6-12-21-38)46-29-31-48(52)56-46/h4-12,15-31,34,53,56H,2-3,13-14,32-33H2,1H3. The van der Waals surface area contributed by atoms with E-state index in [9.17, 15) is 4.79 Å². The molecule has 6 nitrogen and oxygen atoms in total. The highest BCUT2D eigenvalue weighted by molar-refractivity contribution is 8.13. The fourth-order valence-electron chi connectivity index (χ4n) is 7.94. The van der Waals surface area contributed by atoms with Crippen molar-refractivity contribution in [2.75, 3.05) is 12.4 Å². The zero-order chi connectivity index (χ0) is 40.0. The zero-order valence-electron chi connectivity index (χ0n) is 33.0. The number of benzene rings is 4. The number of hydrogen-bond donors (Lipinski definition) is 2. The highest BCUT2D eigenvalue weighted by atomic mass is 32.2. The summed E-state index contributed by atoms with van der Waals surface area (Å²) in [6.45, 7) is 2.26. The van der Waals surface area contributed by atoms with Crippen molar-refractivity contribution in [3.8, 4) is 50.3 Å². The second kappa shape index (κ2) is 17.4. The Morgan fingerprint density at radius 3 is 1.34 bits per heavy atom. The fourth-order valence-corrected chi connectivity index (χ4v) is 8.58. The molecule has 2 N–H and O–H groups in total. The SMILES string of the molecule is CC(=O)SCCCCCCOc1cccc(-c2c3nc(c(-c4ccccc4)c4ccc([nH]4)c(-c4ccccc4)c4nc(c(-c5ccccc5)c5ccc2[nH]5)C=C4)C=C3)c1. The largest absolute Gasteiger partial charge is 0.494 e. The lowest BCUT2D eigenvalue weighted by Crippen LogP contribution is -1.98. The third kappa shape index (κ3) is 8.34. The van der Waals surface area contributed by atoms with Gasteiger partial charge in [-0.1, -0.05) is 128 Å². The van der Waals surface area contributed by atoms with Crippen LogP contribution in [0.15, 0.2) is 140 Å². The predicted molar refractivity (Wildman–Crippen MR) is 248 cm³/mol. The highest BCUT2D eigenvalue weighted by Gasteiger charge is 2.19. The van der Waals surface area contributed by atoms with Crippen LogP contribution in [-0.2, 0) is 4.79 Å². The van der Waals surface area contributed by atoms with Crippen LogP contribution in [-0.4, -0.2) is 37.4 Å². The summed E-state index contributed by atoms with van der Waals surface area (Å²) in [7, 11) is 0. The van der Waals surface area contributed by atoms with E-state index in [0.717, 1.165) is 127 Å². The maximum atomic E-state index is 11.3. The Hall–Kier alpha value is -6.70. The maximum Gasteiger partial charge on any atom is 0.185 e. The van der Waals surface area contributed by atoms with Crippen LogP contribution in [0, 0.1) is 0 Å². The molecule has 8 bridgehead atoms. The predicted octanol–water partition coefficient (Wildman–Crippen LogP) is 13.5. The molecule has 5 heterocycles. The van der Waals surface area contributed by atoms with E-state index in [4.69, 9.17) is 14.7 Å². The minimum atomic E-state index is 0.186. The first-order valence-electron chi connectivity index (χ1n) is 20.3. The number of nitrogens with one attached hydrogen (secondary N) is 2. The van der Waals surface area contributed by atoms with Crippen LogP contribution in [0.5, 0.6) is 5.75 Å². The number of aromatic nitrogens is 4. The van der Waals surface area contributed by atoms with E-state index in [1.54, 1.807) is 6.92 Å². The lowest BCUT2D eigenvalue weighted by atomic mass is 10.0. The first-order chi connectivity index (χ1) is 29.1. The number of carbonyl (C=O) groups excluding carboxylic acids is 1. The molecule has 9 rings (SSSR count). The van der Waals surface area contributed by atoms with Gasteiger partial charge >= 0.3 is 0 Å². The number of hydrogen-bond acceptors (Lipinski definition) is 5. The molecule has 0 unspecified atom stereocenters. The molecule has 7 heteroatoms. The van der Waals surface area contributed by atoms with Crippen LogP contribution >= 0.6 is 11.8 Å². The number of rotatable bonds is 12. The van der Waals surface area contributed by atoms with Crippen LogP contribution in [0.3, 0.4) is 0 Å². The molecule has 0 amide bonds. The van der Waals surface area contributed by atoms with Crippen molar-refractivity contribution >= 4 is 63.2 Å². The molecule has 2 aliphatic rings. The van der Waals surface area contributed by atoms with E-state index in [-0.39, 0.29) is 5.12 Å². The summed E-state index contributed by atoms with van der Waals surface area (Å²) in [5, 5.41) is 0.186. The van der Waals surface area contributed by atoms with Crippen molar-refractivity contribution in [2.45, 2.75) is 32.6 Å². The van der Waals surface area contributed by atoms with Gasteiger partial charge in [-0.2, -0.15) is 0 Å². The molecule has 0 spiro atoms. The molecule has 0 atom stereocenters. The van der Waals surface area contributed by atoms with E-state index >= 15 is 0 Å². The Labute approximate surface area is 348 Å². The minimum absolute atomic E-state index is 0.186. The van der Waals surface area contributed by atoms with Crippen molar-refractivity contribution in [1.82, 2.24) is 19.9 Å². The molecular weight excluding hydrogens is 745 g/mol. The Morgan fingerprint density at radius 1 is 0.492 bits per heavy atom. The van der Waals surface area contributed by atoms with Crippen LogP contribution in [0.25, 0.3) is 90.9 Å². The Balaban J connectivity index is 1.26. The summed E-state index contributed by atoms with van der Waals surface area (Å²) in [6, 6.07) is 48.4. The van der Waals surface area contributed by atoms with Crippen LogP contribution < -0.4 is 4.74 Å². The summed E-state index contributed by atoms with van der Waals surface area (Å²) in [5.41, 5.74) is 15.6. The third-order valence-corrected chi connectivity index (χ3v) is 11.6. The number of ether oxygens (including phenoxy) is 1. The summed E-state index contributed by atoms with van der Waals surface area (Å²) in [5.74, 6) is 1.70. The molecule has 290 valence electrons. The highest BCUT2D eigenvalue weighted by Crippen LogP contribution is 2.39. The number of H-pyrrole nitrogens is 2. The topological polar surface area (TPSA) is 83.7 Å². The summed E-state index contributed by atoms with van der Waals surface area (Å²) >= 11 is 1.41. The number of carbonyl (C=O) groups is 1. The first kappa shape index (κ1) is 37.9. The van der Waals surface area contributed by atoms with Gasteiger partial charge in [0, 0.05) is 57.0 Å². The van der Waals surface area contributed by atoms with Gasteiger partial charge in [-0.15, -0.1) is 0 Å². The van der Waals surface area contributed by atoms with E-state index in [0.29, 0.717) is 6.61 Å². The smallest absolute Gasteiger partial charge is 0.185 e. The monoisotopic (exact) mass is 788 g/mol. The average molecular weight is 789 g/mol. The van der Waals surface area contributed by atoms with Crippen molar-refractivity contribution in [2.24, 2.45) is 0 Å². The number of aromatic amines is 2. The lowest BCUT2D eigenvalue weighted by Gasteiger charge is -2.10. The van der Waals surface area contributed by atoms with Gasteiger partial charge in [-0.25, -0.2) is 9.97 Å². The molecule has 3 aromatic heterocycles. The molecule has 0 saturated carbocycles. The summed E-state index contributed by atoms with van der Waals surface area (Å²) in [6.07, 6.45) is 12.7. The van der Waals surface area contributed by atoms with Gasteiger partial charge in [0.1, 0.15) is 5.75 Å². The molecule has 0 saturated heterocycles. The molecule has 7 aromatic rings. The van der Waals surface area contributed by atoms with E-state index in [1.165, 1.54) is 11.8 Å². The van der Waals surface area contributed by atoms with Crippen molar-refractivity contribution in [3.63, 3.8) is 0 Å². The van der Waals surface area contributed by atoms with Crippen molar-refractivity contribution in [3.05, 3.63) is 162 Å². The Morgan fingerprint density at radius 2 is 0.898 bits per heavy atom. The van der Waals surface area contributed by atoms with Crippen LogP contribution in [0.4, 0.5) is 0 Å². The zero-order valence-corrected chi connectivity index (χ0v) is 33.8. The second-order valence-electron chi connectivity index (χ2n) is 14.7. The van der Waals surface area contributed by atoms with Crippen LogP contribution in [0.1, 0.15) is 55.4 Å². The first-order valence-corrected chi connectivity index (χ1v) is 21.3. The molecule has 4 aromatic carbocycles. The second-order valence-corrected chi connectivity index (χ2v) is 16.0. The normalized spacial score (nSPS) is 11.9. The molecular formula is C52H44N4O2S. The van der Waals surface area contributed by atoms with Gasteiger partial charge in [0.15, 0.2) is 5.12 Å². The minimum Gasteiger partial charge on any atom is -0.494 e. The number of nitrogens with zero attached hydrogens (tertiary/aromatic N) is 2. The van der Waals surface area contributed by atoms with E-state index < -0.39 is 0 Å². The molecule has 59 heavy (non-hydrogen) atoms. The van der Waals surface area contributed by atoms with Gasteiger partial charge < -0.3 is 14.7 Å². The van der Waals surface area contributed by atoms with Gasteiger partial charge in [0.2, 0.25) is 0 Å². The number of unbranched alkanes of at least 4 members (excludes halogenated alkanes) is 3. The molecule has 0 radical (unpaired) electrons. The Bertz CT molecular complexity index is 2820. The fraction of sp³-hybridized carbons (Fsp3) is 0.135. The maximum absolute atomic E-state index is 11.3. The number of fused-ring (bicyclic) bond motifs is 8. The van der Waals surface area contributed by atoms with E-state index in [2.05, 4.69) is 150 Å². The van der Waals surface area contributed by atoms with Crippen molar-refractivity contribution < 1.29 is 9.53 Å². The van der Waals surface area contributed by atoms with E-state index in [1.807, 2.05) is 24.3 Å². The lowest BCUT2D eigenvalue weighted by molar-refractivity contribution is -0.109.